The summed E-state index contributed by atoms with van der Waals surface area (Å²) in [4.78, 5) is 40.9. The second-order valence-electron chi connectivity index (χ2n) is 10.1. The molecular formula is C27H45N3O4. The van der Waals surface area contributed by atoms with Crippen molar-refractivity contribution in [3.8, 4) is 0 Å². The number of rotatable bonds is 12. The molecule has 192 valence electrons. The molecule has 7 nitrogen and oxygen atoms in total. The molecule has 2 N–H and O–H groups in total. The maximum atomic E-state index is 13.6. The molecule has 0 aliphatic carbocycles. The van der Waals surface area contributed by atoms with Crippen molar-refractivity contribution >= 4 is 17.9 Å². The second kappa shape index (κ2) is 14.0. The maximum Gasteiger partial charge on any atom is 0.408 e. The quantitative estimate of drug-likeness (QED) is 0.410. The topological polar surface area (TPSA) is 87.7 Å². The van der Waals surface area contributed by atoms with Crippen LogP contribution < -0.4 is 10.6 Å². The second-order valence-corrected chi connectivity index (χ2v) is 10.1. The Balaban J connectivity index is 3.28. The Hall–Kier alpha value is -2.57. The molecule has 34 heavy (non-hydrogen) atoms. The first kappa shape index (κ1) is 29.5. The maximum absolute atomic E-state index is 13.6. The van der Waals surface area contributed by atoms with Crippen molar-refractivity contribution in [1.82, 2.24) is 15.5 Å². The zero-order valence-corrected chi connectivity index (χ0v) is 22.4. The van der Waals surface area contributed by atoms with E-state index in [1.165, 1.54) is 0 Å². The van der Waals surface area contributed by atoms with E-state index in [-0.39, 0.29) is 17.9 Å². The molecule has 2 atom stereocenters. The standard InChI is InChI=1S/C27H45N3O4/c1-9-11-12-13-18-30(25(32)20(5)29-26(33)34-27(6,7)8)23(24(31)28-19(3)4)22-16-14-21(10-2)15-17-22/h14-17,19-20,23H,9-13,18H2,1-8H3,(H,28,31)(H,29,33). The van der Waals surface area contributed by atoms with Crippen molar-refractivity contribution in [1.29, 1.82) is 0 Å². The molecule has 0 fully saturated rings. The first-order valence-corrected chi connectivity index (χ1v) is 12.6. The van der Waals surface area contributed by atoms with E-state index in [2.05, 4.69) is 24.5 Å². The van der Waals surface area contributed by atoms with Gasteiger partial charge in [0.25, 0.3) is 0 Å². The molecule has 7 heteroatoms. The number of ether oxygens (including phenoxy) is 1. The highest BCUT2D eigenvalue weighted by molar-refractivity contribution is 5.92. The van der Waals surface area contributed by atoms with Crippen LogP contribution >= 0.6 is 0 Å². The third-order valence-electron chi connectivity index (χ3n) is 5.33. The molecular weight excluding hydrogens is 430 g/mol. The summed E-state index contributed by atoms with van der Waals surface area (Å²) in [5, 5.41) is 5.61. The highest BCUT2D eigenvalue weighted by atomic mass is 16.6. The van der Waals surface area contributed by atoms with Gasteiger partial charge in [-0.25, -0.2) is 4.79 Å². The molecule has 0 aliphatic heterocycles. The van der Waals surface area contributed by atoms with E-state index < -0.39 is 23.8 Å². The van der Waals surface area contributed by atoms with E-state index in [1.54, 1.807) is 32.6 Å². The Morgan fingerprint density at radius 1 is 0.941 bits per heavy atom. The molecule has 0 heterocycles. The van der Waals surface area contributed by atoms with Crippen molar-refractivity contribution in [2.45, 2.75) is 111 Å². The van der Waals surface area contributed by atoms with Crippen LogP contribution in [0.3, 0.4) is 0 Å². The normalized spacial score (nSPS) is 13.2. The summed E-state index contributed by atoms with van der Waals surface area (Å²) in [6, 6.07) is 6.12. The van der Waals surface area contributed by atoms with Crippen LogP contribution in [0.2, 0.25) is 0 Å². The summed E-state index contributed by atoms with van der Waals surface area (Å²) in [7, 11) is 0. The fraction of sp³-hybridized carbons (Fsp3) is 0.667. The minimum absolute atomic E-state index is 0.0701. The van der Waals surface area contributed by atoms with Gasteiger partial charge in [-0.15, -0.1) is 0 Å². The molecule has 1 aromatic rings. The van der Waals surface area contributed by atoms with Crippen molar-refractivity contribution < 1.29 is 19.1 Å². The van der Waals surface area contributed by atoms with Crippen LogP contribution in [0.5, 0.6) is 0 Å². The number of aryl methyl sites for hydroxylation is 1. The third-order valence-corrected chi connectivity index (χ3v) is 5.33. The molecule has 2 unspecified atom stereocenters. The summed E-state index contributed by atoms with van der Waals surface area (Å²) in [5.41, 5.74) is 1.24. The number of benzene rings is 1. The predicted molar refractivity (Wildman–Crippen MR) is 137 cm³/mol. The van der Waals surface area contributed by atoms with Gasteiger partial charge in [0.15, 0.2) is 0 Å². The highest BCUT2D eigenvalue weighted by Gasteiger charge is 2.34. The van der Waals surface area contributed by atoms with Crippen molar-refractivity contribution in [3.63, 3.8) is 0 Å². The number of nitrogens with zero attached hydrogens (tertiary/aromatic N) is 1. The largest absolute Gasteiger partial charge is 0.444 e. The van der Waals surface area contributed by atoms with Gasteiger partial charge in [-0.2, -0.15) is 0 Å². The van der Waals surface area contributed by atoms with Crippen molar-refractivity contribution in [2.75, 3.05) is 6.54 Å². The van der Waals surface area contributed by atoms with Gasteiger partial charge in [0.05, 0.1) is 0 Å². The number of carbonyl (C=O) groups is 3. The molecule has 0 radical (unpaired) electrons. The van der Waals surface area contributed by atoms with Crippen molar-refractivity contribution in [3.05, 3.63) is 35.4 Å². The van der Waals surface area contributed by atoms with Crippen LogP contribution in [0.1, 0.15) is 98.2 Å². The molecule has 0 aliphatic rings. The van der Waals surface area contributed by atoms with Gasteiger partial charge in [0.1, 0.15) is 17.7 Å². The van der Waals surface area contributed by atoms with Crippen LogP contribution in [-0.2, 0) is 20.7 Å². The van der Waals surface area contributed by atoms with Crippen LogP contribution in [-0.4, -0.2) is 47.0 Å². The zero-order valence-electron chi connectivity index (χ0n) is 22.4. The third kappa shape index (κ3) is 10.1. The van der Waals surface area contributed by atoms with Crippen LogP contribution in [0.15, 0.2) is 24.3 Å². The lowest BCUT2D eigenvalue weighted by Crippen LogP contribution is -2.52. The van der Waals surface area contributed by atoms with Gasteiger partial charge < -0.3 is 20.3 Å². The average Bonchev–Trinajstić information content (AvgIpc) is 2.73. The van der Waals surface area contributed by atoms with E-state index >= 15 is 0 Å². The summed E-state index contributed by atoms with van der Waals surface area (Å²) in [5.74, 6) is -0.543. The Bertz CT molecular complexity index is 784. The molecule has 3 amide bonds. The van der Waals surface area contributed by atoms with E-state index in [1.807, 2.05) is 38.1 Å². The molecule has 0 saturated heterocycles. The molecule has 1 rings (SSSR count). The zero-order chi connectivity index (χ0) is 25.9. The number of amides is 3. The van der Waals surface area contributed by atoms with Gasteiger partial charge in [-0.1, -0.05) is 57.4 Å². The fourth-order valence-electron chi connectivity index (χ4n) is 3.64. The fourth-order valence-corrected chi connectivity index (χ4v) is 3.64. The number of nitrogens with one attached hydrogen (secondary N) is 2. The van der Waals surface area contributed by atoms with Crippen LogP contribution in [0, 0.1) is 0 Å². The van der Waals surface area contributed by atoms with Crippen LogP contribution in [0.4, 0.5) is 4.79 Å². The summed E-state index contributed by atoms with van der Waals surface area (Å²) >= 11 is 0. The Morgan fingerprint density at radius 3 is 2.06 bits per heavy atom. The summed E-state index contributed by atoms with van der Waals surface area (Å²) < 4.78 is 5.32. The van der Waals surface area contributed by atoms with Crippen LogP contribution in [0.25, 0.3) is 0 Å². The Morgan fingerprint density at radius 2 is 1.56 bits per heavy atom. The minimum Gasteiger partial charge on any atom is -0.444 e. The molecule has 0 spiro atoms. The SMILES string of the molecule is CCCCCCN(C(=O)C(C)NC(=O)OC(C)(C)C)C(C(=O)NC(C)C)c1ccc(CC)cc1. The molecule has 0 saturated carbocycles. The number of hydrogen-bond acceptors (Lipinski definition) is 4. The minimum atomic E-state index is -0.842. The lowest BCUT2D eigenvalue weighted by Gasteiger charge is -2.34. The summed E-state index contributed by atoms with van der Waals surface area (Å²) in [6.07, 6.45) is 4.09. The van der Waals surface area contributed by atoms with E-state index in [4.69, 9.17) is 4.74 Å². The Labute approximate surface area is 206 Å². The molecule has 0 bridgehead atoms. The predicted octanol–water partition coefficient (Wildman–Crippen LogP) is 5.14. The van der Waals surface area contributed by atoms with Gasteiger partial charge >= 0.3 is 6.09 Å². The number of alkyl carbamates (subject to hydrolysis) is 1. The number of carbonyl (C=O) groups excluding carboxylic acids is 3. The molecule has 0 aromatic heterocycles. The lowest BCUT2D eigenvalue weighted by atomic mass is 10.00. The van der Waals surface area contributed by atoms with E-state index in [0.717, 1.165) is 43.2 Å². The number of hydrogen-bond donors (Lipinski definition) is 2. The lowest BCUT2D eigenvalue weighted by molar-refractivity contribution is -0.142. The van der Waals surface area contributed by atoms with Gasteiger partial charge in [0.2, 0.25) is 11.8 Å². The first-order chi connectivity index (χ1) is 15.9. The van der Waals surface area contributed by atoms with E-state index in [9.17, 15) is 14.4 Å². The smallest absolute Gasteiger partial charge is 0.408 e. The monoisotopic (exact) mass is 475 g/mol. The van der Waals surface area contributed by atoms with Crippen molar-refractivity contribution in [2.24, 2.45) is 0 Å². The summed E-state index contributed by atoms with van der Waals surface area (Å²) in [6.45, 7) is 15.4. The van der Waals surface area contributed by atoms with E-state index in [0.29, 0.717) is 6.54 Å². The Kier molecular flexibility index (Phi) is 12.1. The van der Waals surface area contributed by atoms with Gasteiger partial charge in [-0.3, -0.25) is 9.59 Å². The number of unbranched alkanes of at least 4 members (excludes halogenated alkanes) is 3. The highest BCUT2D eigenvalue weighted by Crippen LogP contribution is 2.24. The van der Waals surface area contributed by atoms with Gasteiger partial charge in [-0.05, 0) is 65.5 Å². The van der Waals surface area contributed by atoms with Gasteiger partial charge in [0, 0.05) is 12.6 Å². The average molecular weight is 476 g/mol. The molecule has 1 aromatic carbocycles. The first-order valence-electron chi connectivity index (χ1n) is 12.6.